The monoisotopic (exact) mass is 253 g/mol. The van der Waals surface area contributed by atoms with Gasteiger partial charge in [-0.1, -0.05) is 0 Å². The van der Waals surface area contributed by atoms with Gasteiger partial charge in [0, 0.05) is 6.54 Å². The molecule has 0 bridgehead atoms. The van der Waals surface area contributed by atoms with Gasteiger partial charge in [-0.3, -0.25) is 4.79 Å². The third-order valence-corrected chi connectivity index (χ3v) is 2.84. The van der Waals surface area contributed by atoms with Crippen LogP contribution in [0.3, 0.4) is 0 Å². The minimum Gasteiger partial charge on any atom is -0.376 e. The summed E-state index contributed by atoms with van der Waals surface area (Å²) in [7, 11) is 0. The van der Waals surface area contributed by atoms with Crippen LogP contribution in [-0.2, 0) is 16.1 Å². The maximum Gasteiger partial charge on any atom is 0.241 e. The molecule has 18 heavy (non-hydrogen) atoms. The predicted octanol–water partition coefficient (Wildman–Crippen LogP) is -0.837. The highest BCUT2D eigenvalue weighted by atomic mass is 16.5. The molecule has 0 aromatic carbocycles. The molecule has 7 nitrogen and oxygen atoms in total. The van der Waals surface area contributed by atoms with E-state index in [4.69, 9.17) is 4.74 Å². The van der Waals surface area contributed by atoms with E-state index >= 15 is 0 Å². The first-order chi connectivity index (χ1) is 8.84. The average molecular weight is 253 g/mol. The highest BCUT2D eigenvalue weighted by Crippen LogP contribution is 2.06. The van der Waals surface area contributed by atoms with E-state index < -0.39 is 0 Å². The molecule has 0 spiro atoms. The van der Waals surface area contributed by atoms with Crippen LogP contribution in [0.5, 0.6) is 0 Å². The second kappa shape index (κ2) is 7.07. The summed E-state index contributed by atoms with van der Waals surface area (Å²) in [6, 6.07) is 0. The van der Waals surface area contributed by atoms with Crippen molar-refractivity contribution in [1.29, 1.82) is 0 Å². The molecule has 0 radical (unpaired) electrons. The van der Waals surface area contributed by atoms with E-state index in [2.05, 4.69) is 20.7 Å². The van der Waals surface area contributed by atoms with Crippen LogP contribution in [0.4, 0.5) is 0 Å². The SMILES string of the molecule is O=C(Cn1cncn1)NCCOC1CCNCC1. The van der Waals surface area contributed by atoms with Crippen molar-refractivity contribution in [3.63, 3.8) is 0 Å². The number of nitrogens with zero attached hydrogens (tertiary/aromatic N) is 3. The van der Waals surface area contributed by atoms with Crippen LogP contribution < -0.4 is 10.6 Å². The second-order valence-corrected chi connectivity index (χ2v) is 4.26. The largest absolute Gasteiger partial charge is 0.376 e. The van der Waals surface area contributed by atoms with E-state index in [9.17, 15) is 4.79 Å². The van der Waals surface area contributed by atoms with E-state index in [1.54, 1.807) is 0 Å². The van der Waals surface area contributed by atoms with Gasteiger partial charge in [-0.15, -0.1) is 0 Å². The molecule has 0 unspecified atom stereocenters. The third-order valence-electron chi connectivity index (χ3n) is 2.84. The van der Waals surface area contributed by atoms with Crippen LogP contribution in [0.15, 0.2) is 12.7 Å². The molecule has 0 aliphatic carbocycles. The van der Waals surface area contributed by atoms with Gasteiger partial charge in [-0.05, 0) is 25.9 Å². The second-order valence-electron chi connectivity index (χ2n) is 4.26. The van der Waals surface area contributed by atoms with Crippen LogP contribution >= 0.6 is 0 Å². The minimum atomic E-state index is -0.0746. The fourth-order valence-corrected chi connectivity index (χ4v) is 1.90. The van der Waals surface area contributed by atoms with Crippen molar-refractivity contribution in [3.05, 3.63) is 12.7 Å². The highest BCUT2D eigenvalue weighted by Gasteiger charge is 2.12. The number of carbonyl (C=O) groups is 1. The molecule has 2 rings (SSSR count). The van der Waals surface area contributed by atoms with Crippen molar-refractivity contribution in [1.82, 2.24) is 25.4 Å². The Morgan fingerprint density at radius 2 is 2.33 bits per heavy atom. The zero-order chi connectivity index (χ0) is 12.6. The quantitative estimate of drug-likeness (QED) is 0.646. The number of aromatic nitrogens is 3. The number of rotatable bonds is 6. The first-order valence-electron chi connectivity index (χ1n) is 6.26. The van der Waals surface area contributed by atoms with E-state index in [0.717, 1.165) is 25.9 Å². The van der Waals surface area contributed by atoms with Gasteiger partial charge in [0.2, 0.25) is 5.91 Å². The van der Waals surface area contributed by atoms with Crippen LogP contribution in [0, 0.1) is 0 Å². The molecular weight excluding hydrogens is 234 g/mol. The van der Waals surface area contributed by atoms with Gasteiger partial charge in [0.25, 0.3) is 0 Å². The van der Waals surface area contributed by atoms with E-state index in [0.29, 0.717) is 19.3 Å². The normalized spacial score (nSPS) is 16.7. The van der Waals surface area contributed by atoms with Crippen LogP contribution in [-0.4, -0.2) is 53.0 Å². The topological polar surface area (TPSA) is 81.1 Å². The molecule has 100 valence electrons. The molecule has 1 aromatic rings. The van der Waals surface area contributed by atoms with Crippen molar-refractivity contribution in [3.8, 4) is 0 Å². The molecule has 1 fully saturated rings. The van der Waals surface area contributed by atoms with E-state index in [-0.39, 0.29) is 12.5 Å². The van der Waals surface area contributed by atoms with Gasteiger partial charge in [0.15, 0.2) is 0 Å². The molecule has 2 N–H and O–H groups in total. The van der Waals surface area contributed by atoms with Gasteiger partial charge in [0.05, 0.1) is 12.7 Å². The summed E-state index contributed by atoms with van der Waals surface area (Å²) in [5, 5.41) is 9.94. The highest BCUT2D eigenvalue weighted by molar-refractivity contribution is 5.75. The zero-order valence-corrected chi connectivity index (χ0v) is 10.3. The Morgan fingerprint density at radius 3 is 3.06 bits per heavy atom. The summed E-state index contributed by atoms with van der Waals surface area (Å²) in [5.74, 6) is -0.0746. The lowest BCUT2D eigenvalue weighted by Crippen LogP contribution is -2.35. The lowest BCUT2D eigenvalue weighted by molar-refractivity contribution is -0.122. The average Bonchev–Trinajstić information content (AvgIpc) is 2.89. The molecule has 1 aliphatic rings. The zero-order valence-electron chi connectivity index (χ0n) is 10.3. The lowest BCUT2D eigenvalue weighted by atomic mass is 10.1. The number of piperidine rings is 1. The van der Waals surface area contributed by atoms with Crippen molar-refractivity contribution in [2.24, 2.45) is 0 Å². The van der Waals surface area contributed by atoms with E-state index in [1.807, 2.05) is 0 Å². The number of carbonyl (C=O) groups excluding carboxylic acids is 1. The summed E-state index contributed by atoms with van der Waals surface area (Å²) in [6.45, 7) is 3.34. The van der Waals surface area contributed by atoms with Crippen molar-refractivity contribution >= 4 is 5.91 Å². The number of ether oxygens (including phenoxy) is 1. The Labute approximate surface area is 106 Å². The van der Waals surface area contributed by atoms with Gasteiger partial charge in [-0.25, -0.2) is 9.67 Å². The van der Waals surface area contributed by atoms with E-state index in [1.165, 1.54) is 17.3 Å². The summed E-state index contributed by atoms with van der Waals surface area (Å²) in [5.41, 5.74) is 0. The van der Waals surface area contributed by atoms with Crippen LogP contribution in [0.2, 0.25) is 0 Å². The van der Waals surface area contributed by atoms with Crippen molar-refractivity contribution in [2.75, 3.05) is 26.2 Å². The smallest absolute Gasteiger partial charge is 0.241 e. The third kappa shape index (κ3) is 4.42. The molecule has 1 amide bonds. The maximum absolute atomic E-state index is 11.5. The Bertz CT molecular complexity index is 348. The molecule has 1 saturated heterocycles. The van der Waals surface area contributed by atoms with Crippen LogP contribution in [0.1, 0.15) is 12.8 Å². The Kier molecular flexibility index (Phi) is 5.10. The summed E-state index contributed by atoms with van der Waals surface area (Å²) in [4.78, 5) is 15.3. The Morgan fingerprint density at radius 1 is 1.50 bits per heavy atom. The van der Waals surface area contributed by atoms with Gasteiger partial charge in [-0.2, -0.15) is 5.10 Å². The van der Waals surface area contributed by atoms with Crippen molar-refractivity contribution in [2.45, 2.75) is 25.5 Å². The van der Waals surface area contributed by atoms with Crippen molar-refractivity contribution < 1.29 is 9.53 Å². The summed E-state index contributed by atoms with van der Waals surface area (Å²) < 4.78 is 7.17. The maximum atomic E-state index is 11.5. The summed E-state index contributed by atoms with van der Waals surface area (Å²) >= 11 is 0. The van der Waals surface area contributed by atoms with Gasteiger partial charge in [0.1, 0.15) is 19.2 Å². The lowest BCUT2D eigenvalue weighted by Gasteiger charge is -2.22. The molecule has 1 aromatic heterocycles. The number of amides is 1. The molecule has 2 heterocycles. The predicted molar refractivity (Wildman–Crippen MR) is 64.9 cm³/mol. The van der Waals surface area contributed by atoms with Crippen LogP contribution in [0.25, 0.3) is 0 Å². The fourth-order valence-electron chi connectivity index (χ4n) is 1.90. The molecule has 7 heteroatoms. The molecule has 1 aliphatic heterocycles. The molecule has 0 atom stereocenters. The first-order valence-corrected chi connectivity index (χ1v) is 6.26. The summed E-state index contributed by atoms with van der Waals surface area (Å²) in [6.07, 6.45) is 5.36. The fraction of sp³-hybridized carbons (Fsp3) is 0.727. The molecular formula is C11H19N5O2. The number of nitrogens with one attached hydrogen (secondary N) is 2. The Hall–Kier alpha value is -1.47. The van der Waals surface area contributed by atoms with Gasteiger partial charge >= 0.3 is 0 Å². The number of hydrogen-bond donors (Lipinski definition) is 2. The molecule has 0 saturated carbocycles. The Balaban J connectivity index is 1.53. The minimum absolute atomic E-state index is 0.0746. The standard InChI is InChI=1S/C11H19N5O2/c17-11(7-16-9-13-8-15-16)14-5-6-18-10-1-3-12-4-2-10/h8-10,12H,1-7H2,(H,14,17). The van der Waals surface area contributed by atoms with Gasteiger partial charge < -0.3 is 15.4 Å². The first kappa shape index (κ1) is 13.0. The number of hydrogen-bond acceptors (Lipinski definition) is 5.